The van der Waals surface area contributed by atoms with Crippen LogP contribution < -0.4 is 19.0 Å². The Bertz CT molecular complexity index is 976. The van der Waals surface area contributed by atoms with Crippen molar-refractivity contribution in [3.63, 3.8) is 0 Å². The molecule has 8 nitrogen and oxygen atoms in total. The molecule has 9 heteroatoms. The van der Waals surface area contributed by atoms with E-state index in [0.717, 1.165) is 6.42 Å². The van der Waals surface area contributed by atoms with Crippen LogP contribution in [0.1, 0.15) is 32.8 Å². The Balaban J connectivity index is 2.25. The molecule has 0 saturated heterocycles. The van der Waals surface area contributed by atoms with Crippen LogP contribution in [0.4, 0.5) is 10.5 Å². The fourth-order valence-electron chi connectivity index (χ4n) is 2.79. The number of anilines is 1. The first-order valence-electron chi connectivity index (χ1n) is 10.0. The largest absolute Gasteiger partial charge is 0.497 e. The lowest BCUT2D eigenvalue weighted by molar-refractivity contribution is 0.187. The van der Waals surface area contributed by atoms with Crippen molar-refractivity contribution in [2.45, 2.75) is 39.8 Å². The first kappa shape index (κ1) is 24.3. The van der Waals surface area contributed by atoms with Crippen molar-refractivity contribution in [2.75, 3.05) is 25.3 Å². The van der Waals surface area contributed by atoms with Crippen LogP contribution in [0.5, 0.6) is 17.2 Å². The summed E-state index contributed by atoms with van der Waals surface area (Å²) < 4.78 is 39.4. The number of carbonyl (C=O) groups is 1. The van der Waals surface area contributed by atoms with Crippen molar-refractivity contribution >= 4 is 21.8 Å². The summed E-state index contributed by atoms with van der Waals surface area (Å²) in [6.07, 6.45) is 0.750. The summed E-state index contributed by atoms with van der Waals surface area (Å²) in [5.74, 6) is 0.938. The van der Waals surface area contributed by atoms with Gasteiger partial charge in [0.15, 0.2) is 11.5 Å². The fourth-order valence-corrected chi connectivity index (χ4v) is 3.32. The normalized spacial score (nSPS) is 12.0. The Morgan fingerprint density at radius 3 is 2.26 bits per heavy atom. The standard InChI is InChI=1S/C22H30N2O6S/c1-6-16(3)24(22(25)23-18-9-11-19(28-4)12-10-18)15-17-8-13-20(29-5)21(14-17)30-31(26,27)7-2/h8-14,16H,6-7,15H2,1-5H3,(H,23,25). The summed E-state index contributed by atoms with van der Waals surface area (Å²) in [6, 6.07) is 11.7. The van der Waals surface area contributed by atoms with Crippen LogP contribution in [-0.4, -0.2) is 45.4 Å². The lowest BCUT2D eigenvalue weighted by Gasteiger charge is -2.29. The van der Waals surface area contributed by atoms with E-state index in [9.17, 15) is 13.2 Å². The SMILES string of the molecule is CCC(C)N(Cc1ccc(OC)c(OS(=O)(=O)CC)c1)C(=O)Nc1ccc(OC)cc1. The van der Waals surface area contributed by atoms with Crippen molar-refractivity contribution in [2.24, 2.45) is 0 Å². The molecule has 2 amide bonds. The zero-order chi connectivity index (χ0) is 23.0. The van der Waals surface area contributed by atoms with E-state index in [1.54, 1.807) is 54.5 Å². The number of benzene rings is 2. The van der Waals surface area contributed by atoms with E-state index >= 15 is 0 Å². The molecule has 170 valence electrons. The summed E-state index contributed by atoms with van der Waals surface area (Å²) in [6.45, 7) is 5.72. The number of rotatable bonds is 10. The second-order valence-electron chi connectivity index (χ2n) is 6.96. The van der Waals surface area contributed by atoms with Crippen LogP contribution in [0.15, 0.2) is 42.5 Å². The number of amides is 2. The molecule has 2 rings (SSSR count). The van der Waals surface area contributed by atoms with E-state index in [0.29, 0.717) is 22.7 Å². The molecular weight excluding hydrogens is 420 g/mol. The summed E-state index contributed by atoms with van der Waals surface area (Å²) in [5.41, 5.74) is 1.36. The number of ether oxygens (including phenoxy) is 2. The van der Waals surface area contributed by atoms with Crippen LogP contribution in [-0.2, 0) is 16.7 Å². The van der Waals surface area contributed by atoms with Crippen molar-refractivity contribution in [1.29, 1.82) is 0 Å². The maximum atomic E-state index is 13.0. The van der Waals surface area contributed by atoms with E-state index in [1.165, 1.54) is 14.0 Å². The summed E-state index contributed by atoms with van der Waals surface area (Å²) in [4.78, 5) is 14.7. The third-order valence-electron chi connectivity index (χ3n) is 4.88. The zero-order valence-electron chi connectivity index (χ0n) is 18.5. The molecule has 0 fully saturated rings. The van der Waals surface area contributed by atoms with Crippen molar-refractivity contribution < 1.29 is 26.9 Å². The van der Waals surface area contributed by atoms with Gasteiger partial charge in [0.1, 0.15) is 5.75 Å². The molecule has 2 aromatic carbocycles. The summed E-state index contributed by atoms with van der Waals surface area (Å²) in [7, 11) is -0.698. The van der Waals surface area contributed by atoms with Crippen molar-refractivity contribution in [3.05, 3.63) is 48.0 Å². The molecule has 0 bridgehead atoms. The summed E-state index contributed by atoms with van der Waals surface area (Å²) >= 11 is 0. The van der Waals surface area contributed by atoms with Gasteiger partial charge in [-0.3, -0.25) is 0 Å². The van der Waals surface area contributed by atoms with Crippen LogP contribution >= 0.6 is 0 Å². The van der Waals surface area contributed by atoms with E-state index in [1.807, 2.05) is 13.8 Å². The molecule has 0 saturated carbocycles. The topological polar surface area (TPSA) is 94.2 Å². The maximum absolute atomic E-state index is 13.0. The zero-order valence-corrected chi connectivity index (χ0v) is 19.4. The Labute approximate surface area is 184 Å². The van der Waals surface area contributed by atoms with Gasteiger partial charge in [0.05, 0.1) is 20.0 Å². The molecule has 0 radical (unpaired) electrons. The Kier molecular flexibility index (Phi) is 8.56. The van der Waals surface area contributed by atoms with Gasteiger partial charge in [-0.25, -0.2) is 4.79 Å². The van der Waals surface area contributed by atoms with Gasteiger partial charge in [-0.2, -0.15) is 8.42 Å². The van der Waals surface area contributed by atoms with Gasteiger partial charge in [-0.15, -0.1) is 0 Å². The monoisotopic (exact) mass is 450 g/mol. The third-order valence-corrected chi connectivity index (χ3v) is 6.02. The highest BCUT2D eigenvalue weighted by atomic mass is 32.2. The average molecular weight is 451 g/mol. The number of methoxy groups -OCH3 is 2. The molecule has 1 N–H and O–H groups in total. The lowest BCUT2D eigenvalue weighted by Crippen LogP contribution is -2.40. The van der Waals surface area contributed by atoms with Gasteiger partial charge < -0.3 is 23.9 Å². The molecule has 31 heavy (non-hydrogen) atoms. The second-order valence-corrected chi connectivity index (χ2v) is 8.82. The van der Waals surface area contributed by atoms with Gasteiger partial charge in [0, 0.05) is 18.3 Å². The molecule has 0 aromatic heterocycles. The van der Waals surface area contributed by atoms with Gasteiger partial charge in [-0.05, 0) is 62.2 Å². The molecule has 0 heterocycles. The number of nitrogens with one attached hydrogen (secondary N) is 1. The van der Waals surface area contributed by atoms with Gasteiger partial charge in [0.25, 0.3) is 0 Å². The van der Waals surface area contributed by atoms with Crippen LogP contribution in [0.2, 0.25) is 0 Å². The average Bonchev–Trinajstić information content (AvgIpc) is 2.77. The van der Waals surface area contributed by atoms with Gasteiger partial charge in [0.2, 0.25) is 0 Å². The number of urea groups is 1. The first-order chi connectivity index (χ1) is 14.7. The van der Waals surface area contributed by atoms with Gasteiger partial charge >= 0.3 is 16.1 Å². The second kappa shape index (κ2) is 10.9. The minimum atomic E-state index is -3.72. The molecule has 0 aliphatic carbocycles. The highest BCUT2D eigenvalue weighted by Gasteiger charge is 2.21. The van der Waals surface area contributed by atoms with E-state index < -0.39 is 10.1 Å². The third kappa shape index (κ3) is 6.78. The van der Waals surface area contributed by atoms with E-state index in [2.05, 4.69) is 5.32 Å². The van der Waals surface area contributed by atoms with Crippen LogP contribution in [0, 0.1) is 0 Å². The van der Waals surface area contributed by atoms with E-state index in [4.69, 9.17) is 13.7 Å². The Hall–Kier alpha value is -2.94. The maximum Gasteiger partial charge on any atom is 0.322 e. The van der Waals surface area contributed by atoms with Crippen molar-refractivity contribution in [3.8, 4) is 17.2 Å². The number of carbonyl (C=O) groups excluding carboxylic acids is 1. The predicted octanol–water partition coefficient (Wildman–Crippen LogP) is 4.26. The highest BCUT2D eigenvalue weighted by molar-refractivity contribution is 7.87. The minimum absolute atomic E-state index is 0.0518. The molecule has 0 aliphatic heterocycles. The van der Waals surface area contributed by atoms with Gasteiger partial charge in [-0.1, -0.05) is 13.0 Å². The molecule has 0 spiro atoms. The van der Waals surface area contributed by atoms with Crippen LogP contribution in [0.25, 0.3) is 0 Å². The molecule has 1 unspecified atom stereocenters. The molecule has 0 aliphatic rings. The highest BCUT2D eigenvalue weighted by Crippen LogP contribution is 2.30. The predicted molar refractivity (Wildman–Crippen MR) is 120 cm³/mol. The smallest absolute Gasteiger partial charge is 0.322 e. The van der Waals surface area contributed by atoms with Crippen LogP contribution in [0.3, 0.4) is 0 Å². The Morgan fingerprint density at radius 1 is 1.03 bits per heavy atom. The number of hydrogen-bond donors (Lipinski definition) is 1. The molecule has 1 atom stereocenters. The summed E-state index contributed by atoms with van der Waals surface area (Å²) in [5, 5.41) is 2.89. The molecule has 2 aromatic rings. The number of hydrogen-bond acceptors (Lipinski definition) is 6. The minimum Gasteiger partial charge on any atom is -0.497 e. The lowest BCUT2D eigenvalue weighted by atomic mass is 10.1. The first-order valence-corrected chi connectivity index (χ1v) is 11.6. The molecular formula is C22H30N2O6S. The van der Waals surface area contributed by atoms with Crippen molar-refractivity contribution in [1.82, 2.24) is 4.90 Å². The van der Waals surface area contributed by atoms with E-state index in [-0.39, 0.29) is 30.1 Å². The fraction of sp³-hybridized carbons (Fsp3) is 0.409. The Morgan fingerprint density at radius 2 is 1.71 bits per heavy atom. The number of nitrogens with zero attached hydrogens (tertiary/aromatic N) is 1. The quantitative estimate of drug-likeness (QED) is 0.544.